The first-order valence-corrected chi connectivity index (χ1v) is 10.9. The van der Waals surface area contributed by atoms with E-state index in [1.165, 1.54) is 21.2 Å². The third-order valence-corrected chi connectivity index (χ3v) is 6.43. The maximum absolute atomic E-state index is 5.62. The molecule has 3 nitrogen and oxygen atoms in total. The molecule has 28 heavy (non-hydrogen) atoms. The van der Waals surface area contributed by atoms with Crippen molar-refractivity contribution >= 4 is 52.8 Å². The van der Waals surface area contributed by atoms with Gasteiger partial charge in [-0.3, -0.25) is 0 Å². The van der Waals surface area contributed by atoms with Gasteiger partial charge in [-0.05, 0) is 51.2 Å². The second-order valence-electron chi connectivity index (χ2n) is 7.08. The number of thiocarbonyl (C=S) groups is 1. The molecule has 0 aliphatic carbocycles. The smallest absolute Gasteiger partial charge is 0.106 e. The van der Waals surface area contributed by atoms with E-state index < -0.39 is 0 Å². The minimum atomic E-state index is 0. The molecule has 2 aromatic rings. The van der Waals surface area contributed by atoms with Gasteiger partial charge in [0.05, 0.1) is 11.4 Å². The molecule has 0 saturated heterocycles. The van der Waals surface area contributed by atoms with Crippen LogP contribution in [0.25, 0.3) is 0 Å². The Morgan fingerprint density at radius 1 is 1.14 bits per heavy atom. The highest BCUT2D eigenvalue weighted by molar-refractivity contribution is 7.99. The normalized spacial score (nSPS) is 13.4. The molecule has 0 saturated carbocycles. The first-order valence-electron chi connectivity index (χ1n) is 9.72. The number of benzene rings is 2. The summed E-state index contributed by atoms with van der Waals surface area (Å²) in [5.41, 5.74) is 3.64. The number of likely N-dealkylation sites (N-methyl/N-ethyl adjacent to an activating group) is 1. The van der Waals surface area contributed by atoms with Gasteiger partial charge in [-0.25, -0.2) is 0 Å². The largest absolute Gasteiger partial charge is 0.376 e. The number of rotatable bonds is 7. The number of hydrogen-bond acceptors (Lipinski definition) is 4. The number of hydrogen-bond donors (Lipinski definition) is 1. The summed E-state index contributed by atoms with van der Waals surface area (Å²) in [5.74, 6) is 0. The van der Waals surface area contributed by atoms with Crippen LogP contribution in [-0.4, -0.2) is 42.6 Å². The predicted molar refractivity (Wildman–Crippen MR) is 129 cm³/mol. The van der Waals surface area contributed by atoms with Crippen LogP contribution in [0.2, 0.25) is 0 Å². The second kappa shape index (κ2) is 10.5. The molecule has 0 aromatic heterocycles. The Kier molecular flexibility index (Phi) is 8.62. The standard InChI is InChI=1S/C22H29N3S2.ClH/c1-5-13-23-22(26)17-11-12-21-19(14-17)25(16(3)15-24(4)6-2)18-9-7-8-10-20(18)27-21;/h7-12,14,16H,5-6,13,15H2,1-4H3,(H,23,26);1H. The average molecular weight is 436 g/mol. The molecule has 1 unspecified atom stereocenters. The Morgan fingerprint density at radius 3 is 2.57 bits per heavy atom. The lowest BCUT2D eigenvalue weighted by Gasteiger charge is -2.39. The van der Waals surface area contributed by atoms with Crippen molar-refractivity contribution in [3.63, 3.8) is 0 Å². The molecule has 0 bridgehead atoms. The summed E-state index contributed by atoms with van der Waals surface area (Å²) in [6.45, 7) is 9.64. The first-order chi connectivity index (χ1) is 13.0. The highest BCUT2D eigenvalue weighted by Gasteiger charge is 2.28. The van der Waals surface area contributed by atoms with Crippen LogP contribution in [0.5, 0.6) is 0 Å². The van der Waals surface area contributed by atoms with Crippen LogP contribution in [0.15, 0.2) is 52.3 Å². The van der Waals surface area contributed by atoms with Crippen LogP contribution in [0.1, 0.15) is 32.8 Å². The first kappa shape index (κ1) is 23.0. The Hall–Kier alpha value is -1.27. The fraction of sp³-hybridized carbons (Fsp3) is 0.409. The molecule has 1 aliphatic heterocycles. The maximum atomic E-state index is 5.62. The summed E-state index contributed by atoms with van der Waals surface area (Å²) in [7, 11) is 2.18. The number of anilines is 2. The summed E-state index contributed by atoms with van der Waals surface area (Å²) < 4.78 is 0. The van der Waals surface area contributed by atoms with Crippen molar-refractivity contribution in [1.29, 1.82) is 0 Å². The molecule has 0 spiro atoms. The van der Waals surface area contributed by atoms with E-state index in [1.54, 1.807) is 0 Å². The van der Waals surface area contributed by atoms with Crippen LogP contribution < -0.4 is 10.2 Å². The van der Waals surface area contributed by atoms with Gasteiger partial charge in [-0.15, -0.1) is 12.4 Å². The predicted octanol–water partition coefficient (Wildman–Crippen LogP) is 5.73. The molecule has 152 valence electrons. The molecule has 1 N–H and O–H groups in total. The van der Waals surface area contributed by atoms with E-state index in [9.17, 15) is 0 Å². The molecular weight excluding hydrogens is 406 g/mol. The van der Waals surface area contributed by atoms with Gasteiger partial charge in [0.2, 0.25) is 0 Å². The second-order valence-corrected chi connectivity index (χ2v) is 8.57. The minimum absolute atomic E-state index is 0. The van der Waals surface area contributed by atoms with Crippen molar-refractivity contribution in [2.24, 2.45) is 0 Å². The van der Waals surface area contributed by atoms with E-state index in [1.807, 2.05) is 11.8 Å². The molecule has 3 rings (SSSR count). The van der Waals surface area contributed by atoms with Gasteiger partial charge in [0.15, 0.2) is 0 Å². The van der Waals surface area contributed by atoms with E-state index >= 15 is 0 Å². The zero-order valence-electron chi connectivity index (χ0n) is 17.1. The van der Waals surface area contributed by atoms with Crippen LogP contribution in [-0.2, 0) is 0 Å². The van der Waals surface area contributed by atoms with Gasteiger partial charge in [-0.1, -0.05) is 56.0 Å². The number of nitrogens with one attached hydrogen (secondary N) is 1. The summed E-state index contributed by atoms with van der Waals surface area (Å²) >= 11 is 7.46. The molecule has 0 radical (unpaired) electrons. The van der Waals surface area contributed by atoms with Crippen LogP contribution in [0, 0.1) is 0 Å². The van der Waals surface area contributed by atoms with Gasteiger partial charge in [0, 0.05) is 34.5 Å². The van der Waals surface area contributed by atoms with Crippen LogP contribution >= 0.6 is 36.4 Å². The number of para-hydroxylation sites is 1. The average Bonchev–Trinajstić information content (AvgIpc) is 2.69. The molecular formula is C22H30ClN3S2. The SMILES string of the molecule is CCCNC(=S)c1ccc2c(c1)N(C(C)CN(C)CC)c1ccccc1S2.Cl. The van der Waals surface area contributed by atoms with E-state index in [0.717, 1.165) is 36.6 Å². The summed E-state index contributed by atoms with van der Waals surface area (Å²) in [4.78, 5) is 8.30. The Balaban J connectivity index is 0.00000280. The number of nitrogens with zero attached hydrogens (tertiary/aromatic N) is 2. The van der Waals surface area contributed by atoms with Gasteiger partial charge in [0.25, 0.3) is 0 Å². The highest BCUT2D eigenvalue weighted by atomic mass is 35.5. The number of fused-ring (bicyclic) bond motifs is 2. The zero-order chi connectivity index (χ0) is 19.4. The van der Waals surface area contributed by atoms with Gasteiger partial charge >= 0.3 is 0 Å². The maximum Gasteiger partial charge on any atom is 0.106 e. The third kappa shape index (κ3) is 5.01. The monoisotopic (exact) mass is 435 g/mol. The molecule has 0 amide bonds. The summed E-state index contributed by atoms with van der Waals surface area (Å²) in [5, 5.41) is 3.36. The van der Waals surface area contributed by atoms with E-state index in [2.05, 4.69) is 85.4 Å². The van der Waals surface area contributed by atoms with Crippen LogP contribution in [0.4, 0.5) is 11.4 Å². The van der Waals surface area contributed by atoms with Gasteiger partial charge in [-0.2, -0.15) is 0 Å². The van der Waals surface area contributed by atoms with Gasteiger partial charge in [0.1, 0.15) is 4.99 Å². The molecule has 1 atom stereocenters. The fourth-order valence-corrected chi connectivity index (χ4v) is 4.68. The molecule has 1 aliphatic rings. The molecule has 2 aromatic carbocycles. The minimum Gasteiger partial charge on any atom is -0.376 e. The van der Waals surface area contributed by atoms with Crippen molar-refractivity contribution in [1.82, 2.24) is 10.2 Å². The van der Waals surface area contributed by atoms with E-state index in [0.29, 0.717) is 6.04 Å². The summed E-state index contributed by atoms with van der Waals surface area (Å²) in [6.07, 6.45) is 1.07. The molecule has 6 heteroatoms. The Bertz CT molecular complexity index is 812. The van der Waals surface area contributed by atoms with E-state index in [-0.39, 0.29) is 12.4 Å². The zero-order valence-corrected chi connectivity index (χ0v) is 19.5. The van der Waals surface area contributed by atoms with Crippen molar-refractivity contribution in [3.8, 4) is 0 Å². The quantitative estimate of drug-likeness (QED) is 0.558. The third-order valence-electron chi connectivity index (χ3n) is 4.92. The highest BCUT2D eigenvalue weighted by Crippen LogP contribution is 2.49. The van der Waals surface area contributed by atoms with Crippen LogP contribution in [0.3, 0.4) is 0 Å². The van der Waals surface area contributed by atoms with Crippen molar-refractivity contribution < 1.29 is 0 Å². The topological polar surface area (TPSA) is 18.5 Å². The fourth-order valence-electron chi connectivity index (χ4n) is 3.40. The summed E-state index contributed by atoms with van der Waals surface area (Å²) in [6, 6.07) is 15.7. The number of halogens is 1. The molecule has 0 fully saturated rings. The van der Waals surface area contributed by atoms with Gasteiger partial charge < -0.3 is 15.1 Å². The molecule has 1 heterocycles. The van der Waals surface area contributed by atoms with Crippen molar-refractivity contribution in [2.75, 3.05) is 31.6 Å². The lowest BCUT2D eigenvalue weighted by molar-refractivity contribution is 0.332. The van der Waals surface area contributed by atoms with Crippen molar-refractivity contribution in [2.45, 2.75) is 43.0 Å². The Morgan fingerprint density at radius 2 is 1.86 bits per heavy atom. The van der Waals surface area contributed by atoms with Crippen molar-refractivity contribution in [3.05, 3.63) is 48.0 Å². The van der Waals surface area contributed by atoms with E-state index in [4.69, 9.17) is 12.2 Å². The Labute approximate surface area is 185 Å². The lowest BCUT2D eigenvalue weighted by Crippen LogP contribution is -2.39. The lowest BCUT2D eigenvalue weighted by atomic mass is 10.1.